The molecule has 4 amide bonds. The summed E-state index contributed by atoms with van der Waals surface area (Å²) in [5.41, 5.74) is 2.55. The second kappa shape index (κ2) is 16.7. The van der Waals surface area contributed by atoms with Crippen molar-refractivity contribution in [2.45, 2.75) is 97.4 Å². The van der Waals surface area contributed by atoms with E-state index in [0.717, 1.165) is 57.4 Å². The average molecular weight is 812 g/mol. The summed E-state index contributed by atoms with van der Waals surface area (Å²) >= 11 is 6.24. The number of halogens is 2. The van der Waals surface area contributed by atoms with Crippen LogP contribution in [-0.4, -0.2) is 89.3 Å². The largest absolute Gasteiger partial charge is 0.489 e. The van der Waals surface area contributed by atoms with Crippen LogP contribution in [0.5, 0.6) is 5.75 Å². The van der Waals surface area contributed by atoms with Gasteiger partial charge in [0.2, 0.25) is 17.5 Å². The van der Waals surface area contributed by atoms with Gasteiger partial charge in [0.05, 0.1) is 22.8 Å². The Bertz CT molecular complexity index is 2110. The maximum atomic E-state index is 15.3. The van der Waals surface area contributed by atoms with E-state index in [1.165, 1.54) is 11.0 Å². The van der Waals surface area contributed by atoms with Crippen molar-refractivity contribution in [2.75, 3.05) is 37.6 Å². The number of hydrogen-bond donors (Lipinski definition) is 2. The number of benzene rings is 2. The Morgan fingerprint density at radius 3 is 2.43 bits per heavy atom. The number of fused-ring (bicyclic) bond motifs is 1. The zero-order valence-electron chi connectivity index (χ0n) is 33.6. The van der Waals surface area contributed by atoms with E-state index in [1.807, 2.05) is 17.0 Å². The van der Waals surface area contributed by atoms with Gasteiger partial charge in [-0.05, 0) is 74.2 Å². The lowest BCUT2D eigenvalue weighted by Gasteiger charge is -2.63. The monoisotopic (exact) mass is 811 g/mol. The van der Waals surface area contributed by atoms with E-state index in [-0.39, 0.29) is 65.9 Å². The smallest absolute Gasteiger partial charge is 0.255 e. The van der Waals surface area contributed by atoms with Crippen LogP contribution in [0.3, 0.4) is 0 Å². The Balaban J connectivity index is 0.802. The van der Waals surface area contributed by atoms with Gasteiger partial charge >= 0.3 is 0 Å². The number of anilines is 1. The molecular formula is C44H51ClFN7O5. The number of unbranched alkanes of at least 4 members (excludes halogenated alkanes) is 3. The third kappa shape index (κ3) is 8.27. The van der Waals surface area contributed by atoms with Gasteiger partial charge in [0.1, 0.15) is 23.7 Å². The number of pyridine rings is 1. The number of hydrogen-bond acceptors (Lipinski definition) is 8. The molecule has 7 rings (SSSR count). The highest BCUT2D eigenvalue weighted by atomic mass is 35.5. The number of nitrogens with one attached hydrogen (secondary N) is 2. The molecular weight excluding hydrogens is 761 g/mol. The normalized spacial score (nSPS) is 22.5. The summed E-state index contributed by atoms with van der Waals surface area (Å²) in [7, 11) is 0. The van der Waals surface area contributed by atoms with Crippen LogP contribution >= 0.6 is 11.6 Å². The van der Waals surface area contributed by atoms with Gasteiger partial charge in [-0.1, -0.05) is 58.2 Å². The number of carbonyl (C=O) groups is 4. The van der Waals surface area contributed by atoms with Crippen LogP contribution in [0.15, 0.2) is 48.7 Å². The van der Waals surface area contributed by atoms with Crippen molar-refractivity contribution in [3.63, 3.8) is 0 Å². The van der Waals surface area contributed by atoms with Crippen LogP contribution < -0.4 is 20.3 Å². The molecule has 12 nitrogen and oxygen atoms in total. The second-order valence-corrected chi connectivity index (χ2v) is 17.6. The molecule has 3 fully saturated rings. The highest BCUT2D eigenvalue weighted by Crippen LogP contribution is 2.55. The third-order valence-corrected chi connectivity index (χ3v) is 12.8. The number of imide groups is 1. The number of ether oxygens (including phenoxy) is 1. The molecule has 0 bridgehead atoms. The summed E-state index contributed by atoms with van der Waals surface area (Å²) in [4.78, 5) is 64.4. The molecule has 3 aliphatic heterocycles. The van der Waals surface area contributed by atoms with E-state index < -0.39 is 11.9 Å². The summed E-state index contributed by atoms with van der Waals surface area (Å²) in [5, 5.41) is 5.88. The molecule has 4 heterocycles. The van der Waals surface area contributed by atoms with Crippen molar-refractivity contribution in [3.8, 4) is 5.75 Å². The Kier molecular flexibility index (Phi) is 11.8. The van der Waals surface area contributed by atoms with Crippen LogP contribution in [0.2, 0.25) is 5.02 Å². The van der Waals surface area contributed by atoms with Crippen molar-refractivity contribution >= 4 is 46.6 Å². The van der Waals surface area contributed by atoms with Gasteiger partial charge in [0.25, 0.3) is 11.8 Å². The van der Waals surface area contributed by atoms with E-state index >= 15 is 4.39 Å². The van der Waals surface area contributed by atoms with Crippen molar-refractivity contribution in [1.82, 2.24) is 25.4 Å². The maximum Gasteiger partial charge on any atom is 0.255 e. The summed E-state index contributed by atoms with van der Waals surface area (Å²) < 4.78 is 21.7. The van der Waals surface area contributed by atoms with Gasteiger partial charge in [-0.3, -0.25) is 34.4 Å². The number of piperidine rings is 1. The first-order chi connectivity index (χ1) is 27.7. The van der Waals surface area contributed by atoms with Crippen molar-refractivity contribution in [3.05, 3.63) is 93.3 Å². The quantitative estimate of drug-likeness (QED) is 0.111. The molecule has 14 heteroatoms. The second-order valence-electron chi connectivity index (χ2n) is 17.2. The average Bonchev–Trinajstić information content (AvgIpc) is 3.51. The molecule has 3 aromatic rings. The molecule has 2 N–H and O–H groups in total. The lowest BCUT2D eigenvalue weighted by Crippen LogP contribution is -2.74. The molecule has 1 saturated carbocycles. The van der Waals surface area contributed by atoms with Crippen LogP contribution in [0.1, 0.15) is 98.2 Å². The fraction of sp³-hybridized carbons (Fsp3) is 0.500. The first-order valence-electron chi connectivity index (χ1n) is 20.2. The molecule has 4 aliphatic rings. The van der Waals surface area contributed by atoms with E-state index in [0.29, 0.717) is 51.9 Å². The molecule has 306 valence electrons. The van der Waals surface area contributed by atoms with Gasteiger partial charge in [-0.15, -0.1) is 0 Å². The van der Waals surface area contributed by atoms with Crippen molar-refractivity contribution in [2.24, 2.45) is 10.8 Å². The van der Waals surface area contributed by atoms with Gasteiger partial charge in [0.15, 0.2) is 0 Å². The zero-order chi connectivity index (χ0) is 41.4. The molecule has 1 aromatic heterocycles. The van der Waals surface area contributed by atoms with Crippen LogP contribution in [-0.2, 0) is 22.6 Å². The summed E-state index contributed by atoms with van der Waals surface area (Å²) in [6, 6.07) is 11.0. The van der Waals surface area contributed by atoms with E-state index in [2.05, 4.69) is 53.1 Å². The fourth-order valence-corrected chi connectivity index (χ4v) is 9.75. The summed E-state index contributed by atoms with van der Waals surface area (Å²) in [6.45, 7) is 19.6. The molecule has 2 saturated heterocycles. The Morgan fingerprint density at radius 1 is 1.02 bits per heavy atom. The van der Waals surface area contributed by atoms with Crippen LogP contribution in [0, 0.1) is 23.2 Å². The summed E-state index contributed by atoms with van der Waals surface area (Å²) in [6.07, 6.45) is 6.97. The molecule has 0 spiro atoms. The number of aryl methyl sites for hydroxylation is 1. The minimum Gasteiger partial charge on any atom is -0.489 e. The predicted octanol–water partition coefficient (Wildman–Crippen LogP) is 6.72. The highest BCUT2D eigenvalue weighted by Gasteiger charge is 2.64. The van der Waals surface area contributed by atoms with Gasteiger partial charge < -0.3 is 19.9 Å². The van der Waals surface area contributed by atoms with E-state index in [1.54, 1.807) is 30.5 Å². The molecule has 1 atom stereocenters. The number of amides is 4. The molecule has 58 heavy (non-hydrogen) atoms. The lowest BCUT2D eigenvalue weighted by molar-refractivity contribution is -0.164. The Hall–Kier alpha value is -5.06. The van der Waals surface area contributed by atoms with Gasteiger partial charge in [0, 0.05) is 73.5 Å². The molecule has 0 radical (unpaired) electrons. The number of rotatable bonds is 13. The molecule has 2 aromatic carbocycles. The minimum atomic E-state index is -0.725. The molecule has 0 unspecified atom stereocenters. The zero-order valence-corrected chi connectivity index (χ0v) is 34.3. The fourth-order valence-electron chi connectivity index (χ4n) is 9.53. The lowest BCUT2D eigenvalue weighted by atomic mass is 9.49. The minimum absolute atomic E-state index is 0.139. The first kappa shape index (κ1) is 41.1. The van der Waals surface area contributed by atoms with Crippen molar-refractivity contribution in [1.29, 1.82) is 0 Å². The van der Waals surface area contributed by atoms with Gasteiger partial charge in [-0.2, -0.15) is 0 Å². The Labute approximate surface area is 344 Å². The maximum absolute atomic E-state index is 15.3. The van der Waals surface area contributed by atoms with Gasteiger partial charge in [-0.25, -0.2) is 9.24 Å². The summed E-state index contributed by atoms with van der Waals surface area (Å²) in [5.74, 6) is -1.05. The SMILES string of the molecule is [C-]#[N+]c1ccc(OC2C(C)(C)C(NC(=O)c3ccc(CCCCCCN4CCN(c5cc6c(cc5F)CN([C@H]5CCC(=O)NC5=O)C6=O)CC4)nc3)C2(C)C)cc1Cl. The van der Waals surface area contributed by atoms with E-state index in [9.17, 15) is 19.2 Å². The van der Waals surface area contributed by atoms with Crippen LogP contribution in [0.25, 0.3) is 4.85 Å². The Morgan fingerprint density at radius 2 is 1.76 bits per heavy atom. The number of nitrogens with zero attached hydrogens (tertiary/aromatic N) is 5. The highest BCUT2D eigenvalue weighted by molar-refractivity contribution is 6.33. The predicted molar refractivity (Wildman–Crippen MR) is 218 cm³/mol. The van der Waals surface area contributed by atoms with Crippen molar-refractivity contribution < 1.29 is 28.3 Å². The number of carbonyl (C=O) groups excluding carboxylic acids is 4. The number of piperazine rings is 1. The first-order valence-corrected chi connectivity index (χ1v) is 20.6. The van der Waals surface area contributed by atoms with E-state index in [4.69, 9.17) is 22.9 Å². The van der Waals surface area contributed by atoms with Crippen LogP contribution in [0.4, 0.5) is 15.8 Å². The topological polar surface area (TPSA) is 129 Å². The number of aromatic nitrogens is 1. The standard InChI is InChI=1S/C44H51ClFN7O5/c1-43(2)41(44(3,4)42(43)58-30-13-14-34(47-5)32(45)23-30)50-38(55)27-11-12-29(48-25-27)10-8-6-7-9-17-51-18-20-52(21-19-51)36-24-31-28(22-33(36)46)26-53(40(31)57)35-15-16-37(54)49-39(35)56/h11-14,22-25,35,41-42H,6-10,15-21,26H2,1-4H3,(H,50,55)(H,49,54,56)/t35-,41?,42?/m0/s1. The molecule has 1 aliphatic carbocycles. The third-order valence-electron chi connectivity index (χ3n) is 12.5.